The van der Waals surface area contributed by atoms with E-state index in [1.807, 2.05) is 6.07 Å². The number of alkyl halides is 3. The molecular weight excluding hydrogens is 429 g/mol. The Kier molecular flexibility index (Phi) is 6.54. The molecule has 0 aliphatic carbocycles. The van der Waals surface area contributed by atoms with E-state index in [0.717, 1.165) is 33.8 Å². The van der Waals surface area contributed by atoms with Crippen molar-refractivity contribution in [1.29, 1.82) is 0 Å². The van der Waals surface area contributed by atoms with Crippen molar-refractivity contribution in [3.8, 4) is 0 Å². The molecule has 0 saturated heterocycles. The summed E-state index contributed by atoms with van der Waals surface area (Å²) < 4.78 is 64.5. The third-order valence-electron chi connectivity index (χ3n) is 4.10. The van der Waals surface area contributed by atoms with Crippen LogP contribution >= 0.6 is 11.6 Å². The van der Waals surface area contributed by atoms with E-state index in [2.05, 4.69) is 5.32 Å². The van der Waals surface area contributed by atoms with Crippen LogP contribution in [0, 0.1) is 13.8 Å². The summed E-state index contributed by atoms with van der Waals surface area (Å²) in [6.07, 6.45) is -3.67. The van der Waals surface area contributed by atoms with E-state index >= 15 is 0 Å². The van der Waals surface area contributed by atoms with Gasteiger partial charge in [0.15, 0.2) is 0 Å². The zero-order chi connectivity index (χ0) is 22.1. The quantitative estimate of drug-likeness (QED) is 0.716. The number of halogens is 4. The van der Waals surface area contributed by atoms with E-state index in [-0.39, 0.29) is 16.4 Å². The van der Waals surface area contributed by atoms with Gasteiger partial charge in [-0.05, 0) is 62.2 Å². The Morgan fingerprint density at radius 3 is 2.14 bits per heavy atom. The number of hydrogen-bond acceptors (Lipinski definition) is 3. The van der Waals surface area contributed by atoms with Crippen LogP contribution in [0.1, 0.15) is 23.6 Å². The third kappa shape index (κ3) is 5.63. The zero-order valence-electron chi connectivity index (χ0n) is 16.1. The first-order valence-electron chi connectivity index (χ1n) is 8.45. The second-order valence-corrected chi connectivity index (χ2v) is 9.03. The van der Waals surface area contributed by atoms with E-state index in [1.165, 1.54) is 6.92 Å². The predicted octanol–water partition coefficient (Wildman–Crippen LogP) is 4.77. The summed E-state index contributed by atoms with van der Waals surface area (Å²) in [4.78, 5) is 12.7. The molecule has 0 radical (unpaired) electrons. The van der Waals surface area contributed by atoms with Crippen LogP contribution in [0.25, 0.3) is 0 Å². The van der Waals surface area contributed by atoms with Gasteiger partial charge in [0.2, 0.25) is 15.9 Å². The maximum absolute atomic E-state index is 12.9. The van der Waals surface area contributed by atoms with Crippen LogP contribution in [0.3, 0.4) is 0 Å². The van der Waals surface area contributed by atoms with Gasteiger partial charge in [-0.2, -0.15) is 13.2 Å². The number of sulfonamides is 1. The van der Waals surface area contributed by atoms with Crippen molar-refractivity contribution in [3.05, 3.63) is 58.1 Å². The van der Waals surface area contributed by atoms with Crippen molar-refractivity contribution in [3.63, 3.8) is 0 Å². The van der Waals surface area contributed by atoms with E-state index in [4.69, 9.17) is 11.6 Å². The summed E-state index contributed by atoms with van der Waals surface area (Å²) in [5.41, 5.74) is 0.624. The monoisotopic (exact) mass is 448 g/mol. The number of carbonyl (C=O) groups excluding carboxylic acids is 1. The molecule has 0 aliphatic rings. The number of rotatable bonds is 5. The number of nitrogens with one attached hydrogen (secondary N) is 1. The molecular formula is C19H20ClF3N2O3S. The molecule has 0 spiro atoms. The van der Waals surface area contributed by atoms with Crippen LogP contribution in [-0.4, -0.2) is 26.6 Å². The van der Waals surface area contributed by atoms with Crippen molar-refractivity contribution >= 4 is 38.9 Å². The second-order valence-electron chi connectivity index (χ2n) is 6.76. The minimum absolute atomic E-state index is 0.101. The molecule has 1 amide bonds. The van der Waals surface area contributed by atoms with E-state index in [9.17, 15) is 26.4 Å². The van der Waals surface area contributed by atoms with Crippen LogP contribution in [0.2, 0.25) is 5.02 Å². The van der Waals surface area contributed by atoms with E-state index in [1.54, 1.807) is 26.0 Å². The van der Waals surface area contributed by atoms with Crippen LogP contribution in [0.15, 0.2) is 36.4 Å². The van der Waals surface area contributed by atoms with Gasteiger partial charge in [0.1, 0.15) is 6.04 Å². The number of carbonyl (C=O) groups is 1. The number of amides is 1. The van der Waals surface area contributed by atoms with Crippen LogP contribution in [0.4, 0.5) is 24.5 Å². The van der Waals surface area contributed by atoms with Crippen molar-refractivity contribution in [2.75, 3.05) is 15.9 Å². The average molecular weight is 449 g/mol. The van der Waals surface area contributed by atoms with Crippen LogP contribution < -0.4 is 9.62 Å². The number of nitrogens with zero attached hydrogens (tertiary/aromatic N) is 1. The molecule has 2 aromatic rings. The normalized spacial score (nSPS) is 13.1. The topological polar surface area (TPSA) is 66.5 Å². The summed E-state index contributed by atoms with van der Waals surface area (Å²) in [5, 5.41) is 2.20. The van der Waals surface area contributed by atoms with Gasteiger partial charge in [0.05, 0.1) is 28.2 Å². The average Bonchev–Trinajstić information content (AvgIpc) is 2.53. The highest BCUT2D eigenvalue weighted by Gasteiger charge is 2.33. The molecule has 1 N–H and O–H groups in total. The Morgan fingerprint density at radius 1 is 1.10 bits per heavy atom. The van der Waals surface area contributed by atoms with Gasteiger partial charge in [-0.25, -0.2) is 8.42 Å². The number of benzene rings is 2. The molecule has 0 heterocycles. The van der Waals surface area contributed by atoms with E-state index < -0.39 is 33.7 Å². The van der Waals surface area contributed by atoms with Gasteiger partial charge in [0.25, 0.3) is 0 Å². The van der Waals surface area contributed by atoms with Crippen molar-refractivity contribution in [1.82, 2.24) is 0 Å². The minimum Gasteiger partial charge on any atom is -0.323 e. The molecule has 158 valence electrons. The fourth-order valence-corrected chi connectivity index (χ4v) is 4.24. The molecule has 2 rings (SSSR count). The van der Waals surface area contributed by atoms with E-state index in [0.29, 0.717) is 6.07 Å². The fourth-order valence-electron chi connectivity index (χ4n) is 2.92. The zero-order valence-corrected chi connectivity index (χ0v) is 17.7. The summed E-state index contributed by atoms with van der Waals surface area (Å²) in [6, 6.07) is 6.33. The van der Waals surface area contributed by atoms with Gasteiger partial charge >= 0.3 is 6.18 Å². The maximum Gasteiger partial charge on any atom is 0.416 e. The predicted molar refractivity (Wildman–Crippen MR) is 108 cm³/mol. The molecule has 0 aromatic heterocycles. The highest BCUT2D eigenvalue weighted by Crippen LogP contribution is 2.34. The first kappa shape index (κ1) is 23.0. The standard InChI is InChI=1S/C19H20ClF3N2O3S/c1-11-7-12(2)9-15(8-11)25(29(4,27)28)13(3)18(26)24-17-10-14(19(21,22)23)5-6-16(17)20/h5-10,13H,1-4H3,(H,24,26). The summed E-state index contributed by atoms with van der Waals surface area (Å²) in [6.45, 7) is 4.91. The first-order valence-corrected chi connectivity index (χ1v) is 10.7. The molecule has 2 aromatic carbocycles. The Morgan fingerprint density at radius 2 is 1.66 bits per heavy atom. The fraction of sp³-hybridized carbons (Fsp3) is 0.316. The first-order chi connectivity index (χ1) is 13.2. The Balaban J connectivity index is 2.40. The molecule has 1 atom stereocenters. The minimum atomic E-state index is -4.62. The third-order valence-corrected chi connectivity index (χ3v) is 5.67. The van der Waals surface area contributed by atoms with Gasteiger partial charge in [0, 0.05) is 0 Å². The Bertz CT molecular complexity index is 1020. The van der Waals surface area contributed by atoms with Crippen molar-refractivity contribution < 1.29 is 26.4 Å². The van der Waals surface area contributed by atoms with Gasteiger partial charge in [-0.15, -0.1) is 0 Å². The highest BCUT2D eigenvalue weighted by atomic mass is 35.5. The van der Waals surface area contributed by atoms with Gasteiger partial charge in [-0.1, -0.05) is 17.7 Å². The Hall–Kier alpha value is -2.26. The van der Waals surface area contributed by atoms with Crippen LogP contribution in [-0.2, 0) is 21.0 Å². The summed E-state index contributed by atoms with van der Waals surface area (Å²) in [7, 11) is -3.87. The lowest BCUT2D eigenvalue weighted by Crippen LogP contribution is -2.45. The summed E-state index contributed by atoms with van der Waals surface area (Å²) in [5.74, 6) is -0.823. The van der Waals surface area contributed by atoms with Gasteiger partial charge in [-0.3, -0.25) is 9.10 Å². The maximum atomic E-state index is 12.9. The SMILES string of the molecule is Cc1cc(C)cc(N(C(C)C(=O)Nc2cc(C(F)(F)F)ccc2Cl)S(C)(=O)=O)c1. The summed E-state index contributed by atoms with van der Waals surface area (Å²) >= 11 is 5.91. The Labute approximate surface area is 172 Å². The molecule has 5 nitrogen and oxygen atoms in total. The largest absolute Gasteiger partial charge is 0.416 e. The number of aryl methyl sites for hydroxylation is 2. The molecule has 0 saturated carbocycles. The molecule has 0 fully saturated rings. The number of hydrogen-bond donors (Lipinski definition) is 1. The molecule has 0 aliphatic heterocycles. The molecule has 29 heavy (non-hydrogen) atoms. The molecule has 0 bridgehead atoms. The highest BCUT2D eigenvalue weighted by molar-refractivity contribution is 7.92. The van der Waals surface area contributed by atoms with Gasteiger partial charge < -0.3 is 5.32 Å². The van der Waals surface area contributed by atoms with Crippen LogP contribution in [0.5, 0.6) is 0 Å². The molecule has 1 unspecified atom stereocenters. The number of anilines is 2. The van der Waals surface area contributed by atoms with Crippen molar-refractivity contribution in [2.45, 2.75) is 33.0 Å². The van der Waals surface area contributed by atoms with Crippen molar-refractivity contribution in [2.24, 2.45) is 0 Å². The lowest BCUT2D eigenvalue weighted by Gasteiger charge is -2.29. The molecule has 10 heteroatoms. The smallest absolute Gasteiger partial charge is 0.323 e. The lowest BCUT2D eigenvalue weighted by molar-refractivity contribution is -0.137. The lowest BCUT2D eigenvalue weighted by atomic mass is 10.1. The second kappa shape index (κ2) is 8.23.